The van der Waals surface area contributed by atoms with E-state index in [1.165, 1.54) is 7.11 Å². The first-order valence-corrected chi connectivity index (χ1v) is 11.5. The number of ether oxygens (including phenoxy) is 1. The summed E-state index contributed by atoms with van der Waals surface area (Å²) in [6.07, 6.45) is -0.502. The van der Waals surface area contributed by atoms with Gasteiger partial charge in [-0.15, -0.1) is 0 Å². The molecule has 0 saturated carbocycles. The smallest absolute Gasteiger partial charge is 0.407 e. The Hall–Kier alpha value is -1.50. The SMILES string of the molecule is C=C(NOCC[Si](C)(C)C)c1ccc(Cl)c(CNC(=O)OC)c1. The highest BCUT2D eigenvalue weighted by Crippen LogP contribution is 2.20. The predicted molar refractivity (Wildman–Crippen MR) is 97.0 cm³/mol. The summed E-state index contributed by atoms with van der Waals surface area (Å²) < 4.78 is 4.54. The summed E-state index contributed by atoms with van der Waals surface area (Å²) in [5.41, 5.74) is 5.14. The zero-order valence-corrected chi connectivity index (χ0v) is 15.9. The third kappa shape index (κ3) is 7.54. The van der Waals surface area contributed by atoms with Gasteiger partial charge in [0.25, 0.3) is 0 Å². The Bertz CT molecular complexity index is 559. The zero-order chi connectivity index (χ0) is 17.5. The van der Waals surface area contributed by atoms with Crippen molar-refractivity contribution in [2.75, 3.05) is 13.7 Å². The van der Waals surface area contributed by atoms with Crippen molar-refractivity contribution in [2.45, 2.75) is 32.2 Å². The van der Waals surface area contributed by atoms with Crippen LogP contribution in [0.5, 0.6) is 0 Å². The molecule has 0 bridgehead atoms. The van der Waals surface area contributed by atoms with Crippen LogP contribution in [0, 0.1) is 0 Å². The van der Waals surface area contributed by atoms with Crippen molar-refractivity contribution in [1.29, 1.82) is 0 Å². The van der Waals surface area contributed by atoms with Crippen LogP contribution in [0.15, 0.2) is 24.8 Å². The minimum absolute atomic E-state index is 0.281. The van der Waals surface area contributed by atoms with E-state index >= 15 is 0 Å². The fraction of sp³-hybridized carbons (Fsp3) is 0.438. The quantitative estimate of drug-likeness (QED) is 0.419. The van der Waals surface area contributed by atoms with Gasteiger partial charge in [0.15, 0.2) is 0 Å². The standard InChI is InChI=1S/C16H25ClN2O3Si/c1-12(19-22-8-9-23(3,4)5)13-6-7-15(17)14(10-13)11-18-16(20)21-2/h6-7,10,19H,1,8-9,11H2,2-5H3,(H,18,20). The van der Waals surface area contributed by atoms with Gasteiger partial charge in [0.2, 0.25) is 0 Å². The molecule has 0 fully saturated rings. The van der Waals surface area contributed by atoms with Gasteiger partial charge in [-0.05, 0) is 29.3 Å². The van der Waals surface area contributed by atoms with Crippen LogP contribution in [0.3, 0.4) is 0 Å². The maximum Gasteiger partial charge on any atom is 0.407 e. The topological polar surface area (TPSA) is 59.6 Å². The van der Waals surface area contributed by atoms with E-state index in [-0.39, 0.29) is 6.54 Å². The molecule has 0 spiro atoms. The molecule has 1 amide bonds. The average Bonchev–Trinajstić information content (AvgIpc) is 2.49. The number of methoxy groups -OCH3 is 1. The van der Waals surface area contributed by atoms with E-state index in [1.54, 1.807) is 6.07 Å². The van der Waals surface area contributed by atoms with E-state index in [1.807, 2.05) is 12.1 Å². The summed E-state index contributed by atoms with van der Waals surface area (Å²) in [6, 6.07) is 6.54. The van der Waals surface area contributed by atoms with Gasteiger partial charge >= 0.3 is 6.09 Å². The van der Waals surface area contributed by atoms with Gasteiger partial charge in [0, 0.05) is 19.6 Å². The molecule has 0 aromatic heterocycles. The summed E-state index contributed by atoms with van der Waals surface area (Å²) in [5, 5.41) is 3.17. The number of rotatable bonds is 8. The molecule has 0 aliphatic carbocycles. The number of alkyl carbamates (subject to hydrolysis) is 1. The lowest BCUT2D eigenvalue weighted by atomic mass is 10.1. The number of carbonyl (C=O) groups is 1. The lowest BCUT2D eigenvalue weighted by Gasteiger charge is -2.17. The maximum absolute atomic E-state index is 11.1. The molecule has 1 rings (SSSR count). The number of nitrogens with one attached hydrogen (secondary N) is 2. The second-order valence-corrected chi connectivity index (χ2v) is 12.4. The Morgan fingerprint density at radius 1 is 1.35 bits per heavy atom. The average molecular weight is 357 g/mol. The minimum Gasteiger partial charge on any atom is -0.453 e. The summed E-state index contributed by atoms with van der Waals surface area (Å²) >= 11 is 6.14. The molecule has 23 heavy (non-hydrogen) atoms. The van der Waals surface area contributed by atoms with Crippen LogP contribution in [0.25, 0.3) is 5.70 Å². The minimum atomic E-state index is -1.11. The highest BCUT2D eigenvalue weighted by molar-refractivity contribution is 6.76. The van der Waals surface area contributed by atoms with Crippen LogP contribution < -0.4 is 10.8 Å². The Balaban J connectivity index is 2.58. The second-order valence-electron chi connectivity index (χ2n) is 6.39. The van der Waals surface area contributed by atoms with E-state index in [9.17, 15) is 4.79 Å². The molecule has 128 valence electrons. The van der Waals surface area contributed by atoms with Crippen molar-refractivity contribution in [2.24, 2.45) is 0 Å². The van der Waals surface area contributed by atoms with Crippen LogP contribution in [0.4, 0.5) is 4.79 Å². The molecular weight excluding hydrogens is 332 g/mol. The van der Waals surface area contributed by atoms with Crippen molar-refractivity contribution in [3.05, 3.63) is 40.9 Å². The third-order valence-electron chi connectivity index (χ3n) is 3.15. The number of benzene rings is 1. The van der Waals surface area contributed by atoms with E-state index in [0.29, 0.717) is 17.3 Å². The van der Waals surface area contributed by atoms with Crippen LogP contribution >= 0.6 is 11.6 Å². The van der Waals surface area contributed by atoms with Gasteiger partial charge in [-0.25, -0.2) is 4.79 Å². The molecule has 2 N–H and O–H groups in total. The molecule has 0 radical (unpaired) electrons. The lowest BCUT2D eigenvalue weighted by molar-refractivity contribution is 0.0894. The molecule has 0 heterocycles. The van der Waals surface area contributed by atoms with Crippen molar-refractivity contribution in [3.63, 3.8) is 0 Å². The molecule has 1 aromatic carbocycles. The van der Waals surface area contributed by atoms with Crippen LogP contribution in [-0.4, -0.2) is 27.9 Å². The number of hydrogen-bond acceptors (Lipinski definition) is 4. The first kappa shape index (κ1) is 19.5. The van der Waals surface area contributed by atoms with Gasteiger partial charge in [-0.1, -0.05) is 43.9 Å². The summed E-state index contributed by atoms with van der Waals surface area (Å²) in [7, 11) is 0.202. The Labute approximate surface area is 144 Å². The number of amides is 1. The van der Waals surface area contributed by atoms with Gasteiger partial charge in [-0.2, -0.15) is 0 Å². The Morgan fingerprint density at radius 3 is 2.65 bits per heavy atom. The fourth-order valence-corrected chi connectivity index (χ4v) is 2.59. The van der Waals surface area contributed by atoms with Gasteiger partial charge in [0.05, 0.1) is 19.4 Å². The first-order valence-electron chi connectivity index (χ1n) is 7.40. The molecule has 7 heteroatoms. The predicted octanol–water partition coefficient (Wildman–Crippen LogP) is 4.03. The largest absolute Gasteiger partial charge is 0.453 e. The van der Waals surface area contributed by atoms with Crippen molar-refractivity contribution in [3.8, 4) is 0 Å². The van der Waals surface area contributed by atoms with E-state index in [0.717, 1.165) is 17.2 Å². The monoisotopic (exact) mass is 356 g/mol. The number of hydrogen-bond donors (Lipinski definition) is 2. The normalized spacial score (nSPS) is 11.0. The van der Waals surface area contributed by atoms with Gasteiger partial charge < -0.3 is 10.1 Å². The first-order chi connectivity index (χ1) is 10.7. The molecule has 0 unspecified atom stereocenters. The van der Waals surface area contributed by atoms with Gasteiger partial charge in [-0.3, -0.25) is 10.3 Å². The lowest BCUT2D eigenvalue weighted by Crippen LogP contribution is -2.24. The van der Waals surface area contributed by atoms with Crippen LogP contribution in [-0.2, 0) is 16.1 Å². The Morgan fingerprint density at radius 2 is 2.04 bits per heavy atom. The summed E-state index contributed by atoms with van der Waals surface area (Å²) in [6.45, 7) is 11.8. The molecule has 0 aliphatic heterocycles. The third-order valence-corrected chi connectivity index (χ3v) is 5.23. The van der Waals surface area contributed by atoms with E-state index in [2.05, 4.69) is 41.8 Å². The van der Waals surface area contributed by atoms with Crippen molar-refractivity contribution >= 4 is 31.5 Å². The van der Waals surface area contributed by atoms with Crippen molar-refractivity contribution < 1.29 is 14.4 Å². The molecule has 1 aromatic rings. The molecule has 5 nitrogen and oxygen atoms in total. The molecule has 0 atom stereocenters. The molecule has 0 saturated heterocycles. The number of halogens is 1. The van der Waals surface area contributed by atoms with Crippen molar-refractivity contribution in [1.82, 2.24) is 10.8 Å². The Kier molecular flexibility index (Phi) is 7.61. The second kappa shape index (κ2) is 8.96. The number of hydroxylamine groups is 1. The number of carbonyl (C=O) groups excluding carboxylic acids is 1. The van der Waals surface area contributed by atoms with Crippen LogP contribution in [0.1, 0.15) is 11.1 Å². The maximum atomic E-state index is 11.1. The highest BCUT2D eigenvalue weighted by atomic mass is 35.5. The zero-order valence-electron chi connectivity index (χ0n) is 14.2. The molecular formula is C16H25ClN2O3Si. The van der Waals surface area contributed by atoms with Crippen LogP contribution in [0.2, 0.25) is 30.7 Å². The summed E-state index contributed by atoms with van der Waals surface area (Å²) in [5.74, 6) is 0. The van der Waals surface area contributed by atoms with Gasteiger partial charge in [0.1, 0.15) is 0 Å². The highest BCUT2D eigenvalue weighted by Gasteiger charge is 2.12. The fourth-order valence-electron chi connectivity index (χ4n) is 1.69. The summed E-state index contributed by atoms with van der Waals surface area (Å²) in [4.78, 5) is 16.6. The van der Waals surface area contributed by atoms with E-state index < -0.39 is 14.2 Å². The van der Waals surface area contributed by atoms with E-state index in [4.69, 9.17) is 16.4 Å². The molecule has 0 aliphatic rings.